The Bertz CT molecular complexity index is 447. The number of hydrogen-bond acceptors (Lipinski definition) is 3. The molecular weight excluding hydrogens is 318 g/mol. The highest BCUT2D eigenvalue weighted by atomic mass is 79.9. The molecule has 1 aromatic rings. The number of nitrogens with one attached hydrogen (secondary N) is 1. The number of aliphatic hydroxyl groups is 1. The van der Waals surface area contributed by atoms with E-state index in [0.717, 1.165) is 28.8 Å². The van der Waals surface area contributed by atoms with Gasteiger partial charge in [-0.05, 0) is 63.0 Å². The van der Waals surface area contributed by atoms with Crippen LogP contribution in [0.3, 0.4) is 0 Å². The lowest BCUT2D eigenvalue weighted by molar-refractivity contribution is 0.0479. The molecule has 0 saturated heterocycles. The smallest absolute Gasteiger partial charge is 0.0766 e. The third-order valence-electron chi connectivity index (χ3n) is 3.37. The average molecular weight is 346 g/mol. The van der Waals surface area contributed by atoms with Crippen molar-refractivity contribution in [2.45, 2.75) is 65.0 Å². The molecule has 2 N–H and O–H groups in total. The fraction of sp³-hybridized carbons (Fsp3) is 0.800. The molecule has 0 aliphatic heterocycles. The molecule has 1 heterocycles. The standard InChI is InChI=1S/C15H28BrN3O/c1-7-11-13(16)12(19(6)18-11)10-15(5,20)8-9-17-14(2,3)4/h17,20H,7-10H2,1-6H3. The van der Waals surface area contributed by atoms with Gasteiger partial charge in [0, 0.05) is 19.0 Å². The van der Waals surface area contributed by atoms with Gasteiger partial charge in [-0.15, -0.1) is 0 Å². The van der Waals surface area contributed by atoms with E-state index in [0.29, 0.717) is 12.8 Å². The summed E-state index contributed by atoms with van der Waals surface area (Å²) in [6, 6.07) is 0. The number of aromatic nitrogens is 2. The second kappa shape index (κ2) is 6.58. The molecular formula is C15H28BrN3O. The van der Waals surface area contributed by atoms with E-state index < -0.39 is 5.60 Å². The monoisotopic (exact) mass is 345 g/mol. The molecule has 4 nitrogen and oxygen atoms in total. The molecule has 0 aliphatic rings. The maximum Gasteiger partial charge on any atom is 0.0766 e. The van der Waals surface area contributed by atoms with Crippen LogP contribution < -0.4 is 5.32 Å². The fourth-order valence-corrected chi connectivity index (χ4v) is 2.92. The molecule has 0 fully saturated rings. The Morgan fingerprint density at radius 3 is 2.35 bits per heavy atom. The van der Waals surface area contributed by atoms with Gasteiger partial charge in [-0.1, -0.05) is 6.92 Å². The SMILES string of the molecule is CCc1nn(C)c(CC(C)(O)CCNC(C)(C)C)c1Br. The van der Waals surface area contributed by atoms with Crippen LogP contribution in [0.5, 0.6) is 0 Å². The first-order valence-electron chi connectivity index (χ1n) is 7.23. The minimum absolute atomic E-state index is 0.0819. The van der Waals surface area contributed by atoms with E-state index in [-0.39, 0.29) is 5.54 Å². The molecule has 1 atom stereocenters. The van der Waals surface area contributed by atoms with E-state index >= 15 is 0 Å². The van der Waals surface area contributed by atoms with Gasteiger partial charge in [-0.3, -0.25) is 4.68 Å². The number of rotatable bonds is 6. The van der Waals surface area contributed by atoms with Gasteiger partial charge in [0.25, 0.3) is 0 Å². The van der Waals surface area contributed by atoms with Crippen molar-refractivity contribution < 1.29 is 5.11 Å². The van der Waals surface area contributed by atoms with Crippen molar-refractivity contribution in [2.24, 2.45) is 7.05 Å². The average Bonchev–Trinajstić information content (AvgIpc) is 2.54. The highest BCUT2D eigenvalue weighted by Crippen LogP contribution is 2.26. The lowest BCUT2D eigenvalue weighted by atomic mass is 9.95. The lowest BCUT2D eigenvalue weighted by Gasteiger charge is -2.27. The highest BCUT2D eigenvalue weighted by Gasteiger charge is 2.25. The van der Waals surface area contributed by atoms with Crippen molar-refractivity contribution in [3.63, 3.8) is 0 Å². The van der Waals surface area contributed by atoms with E-state index in [1.54, 1.807) is 0 Å². The quantitative estimate of drug-likeness (QED) is 0.833. The van der Waals surface area contributed by atoms with Crippen LogP contribution in [0.15, 0.2) is 4.47 Å². The fourth-order valence-electron chi connectivity index (χ4n) is 2.17. The summed E-state index contributed by atoms with van der Waals surface area (Å²) in [6.45, 7) is 11.2. The van der Waals surface area contributed by atoms with Gasteiger partial charge >= 0.3 is 0 Å². The third-order valence-corrected chi connectivity index (χ3v) is 4.29. The summed E-state index contributed by atoms with van der Waals surface area (Å²) in [5.74, 6) is 0. The van der Waals surface area contributed by atoms with E-state index in [9.17, 15) is 5.11 Å². The van der Waals surface area contributed by atoms with Crippen LogP contribution in [0.1, 0.15) is 52.4 Å². The molecule has 1 rings (SSSR count). The van der Waals surface area contributed by atoms with E-state index in [2.05, 4.69) is 54.0 Å². The second-order valence-electron chi connectivity index (χ2n) is 6.79. The number of halogens is 1. The first kappa shape index (κ1) is 17.7. The van der Waals surface area contributed by atoms with Crippen LogP contribution in [0.2, 0.25) is 0 Å². The minimum atomic E-state index is -0.737. The van der Waals surface area contributed by atoms with Gasteiger partial charge in [0.1, 0.15) is 0 Å². The van der Waals surface area contributed by atoms with Crippen molar-refractivity contribution in [3.8, 4) is 0 Å². The molecule has 0 aromatic carbocycles. The maximum absolute atomic E-state index is 10.6. The van der Waals surface area contributed by atoms with Gasteiger partial charge in [-0.25, -0.2) is 0 Å². The summed E-state index contributed by atoms with van der Waals surface area (Å²) < 4.78 is 2.90. The van der Waals surface area contributed by atoms with Crippen LogP contribution in [0.4, 0.5) is 0 Å². The Kier molecular flexibility index (Phi) is 5.81. The van der Waals surface area contributed by atoms with Crippen LogP contribution in [0, 0.1) is 0 Å². The topological polar surface area (TPSA) is 50.1 Å². The van der Waals surface area contributed by atoms with E-state index in [1.165, 1.54) is 0 Å². The number of nitrogens with zero attached hydrogens (tertiary/aromatic N) is 2. The molecule has 0 bridgehead atoms. The largest absolute Gasteiger partial charge is 0.390 e. The number of hydrogen-bond donors (Lipinski definition) is 2. The lowest BCUT2D eigenvalue weighted by Crippen LogP contribution is -2.40. The minimum Gasteiger partial charge on any atom is -0.390 e. The van der Waals surface area contributed by atoms with Crippen LogP contribution in [0.25, 0.3) is 0 Å². The molecule has 5 heteroatoms. The summed E-state index contributed by atoms with van der Waals surface area (Å²) in [5, 5.41) is 18.5. The first-order valence-corrected chi connectivity index (χ1v) is 8.02. The third kappa shape index (κ3) is 5.19. The van der Waals surface area contributed by atoms with E-state index in [4.69, 9.17) is 0 Å². The van der Waals surface area contributed by atoms with Crippen LogP contribution >= 0.6 is 15.9 Å². The van der Waals surface area contributed by atoms with Crippen molar-refractivity contribution in [3.05, 3.63) is 15.9 Å². The van der Waals surface area contributed by atoms with Crippen LogP contribution in [-0.4, -0.2) is 32.6 Å². The summed E-state index contributed by atoms with van der Waals surface area (Å²) in [5.41, 5.74) is 1.45. The highest BCUT2D eigenvalue weighted by molar-refractivity contribution is 9.10. The second-order valence-corrected chi connectivity index (χ2v) is 7.58. The zero-order chi connectivity index (χ0) is 15.6. The molecule has 0 aliphatic carbocycles. The van der Waals surface area contributed by atoms with Crippen molar-refractivity contribution in [2.75, 3.05) is 6.54 Å². The molecule has 0 spiro atoms. The molecule has 0 saturated carbocycles. The molecule has 0 amide bonds. The van der Waals surface area contributed by atoms with Crippen molar-refractivity contribution in [1.82, 2.24) is 15.1 Å². The van der Waals surface area contributed by atoms with Gasteiger partial charge in [0.15, 0.2) is 0 Å². The summed E-state index contributed by atoms with van der Waals surface area (Å²) in [6.07, 6.45) is 2.20. The normalized spacial score (nSPS) is 15.4. The van der Waals surface area contributed by atoms with Crippen molar-refractivity contribution in [1.29, 1.82) is 0 Å². The Labute approximate surface area is 131 Å². The Morgan fingerprint density at radius 1 is 1.30 bits per heavy atom. The Balaban J connectivity index is 2.69. The predicted molar refractivity (Wildman–Crippen MR) is 87.0 cm³/mol. The van der Waals surface area contributed by atoms with Gasteiger partial charge in [-0.2, -0.15) is 5.10 Å². The van der Waals surface area contributed by atoms with Crippen LogP contribution in [-0.2, 0) is 19.9 Å². The predicted octanol–water partition coefficient (Wildman–Crippen LogP) is 2.82. The Morgan fingerprint density at radius 2 is 1.90 bits per heavy atom. The molecule has 116 valence electrons. The summed E-state index contributed by atoms with van der Waals surface area (Å²) in [4.78, 5) is 0. The maximum atomic E-state index is 10.6. The van der Waals surface area contributed by atoms with Gasteiger partial charge in [0.2, 0.25) is 0 Å². The van der Waals surface area contributed by atoms with Gasteiger partial charge < -0.3 is 10.4 Å². The van der Waals surface area contributed by atoms with Gasteiger partial charge in [0.05, 0.1) is 21.5 Å². The molecule has 20 heavy (non-hydrogen) atoms. The summed E-state index contributed by atoms with van der Waals surface area (Å²) in [7, 11) is 1.93. The zero-order valence-corrected chi connectivity index (χ0v) is 15.1. The Hall–Kier alpha value is -0.390. The summed E-state index contributed by atoms with van der Waals surface area (Å²) >= 11 is 3.60. The molecule has 1 aromatic heterocycles. The van der Waals surface area contributed by atoms with E-state index in [1.807, 2.05) is 18.7 Å². The first-order chi connectivity index (χ1) is 9.06. The molecule has 1 unspecified atom stereocenters. The zero-order valence-electron chi connectivity index (χ0n) is 13.5. The number of aryl methyl sites for hydroxylation is 2. The van der Waals surface area contributed by atoms with Crippen molar-refractivity contribution >= 4 is 15.9 Å². The molecule has 0 radical (unpaired) electrons.